The lowest BCUT2D eigenvalue weighted by molar-refractivity contribution is -0.137. The normalized spacial score (nSPS) is 25.0. The average Bonchev–Trinajstić information content (AvgIpc) is 3.20. The first-order valence-corrected chi connectivity index (χ1v) is 13.9. The summed E-state index contributed by atoms with van der Waals surface area (Å²) in [4.78, 5) is 15.6. The molecule has 4 atom stereocenters. The number of morpholine rings is 1. The summed E-state index contributed by atoms with van der Waals surface area (Å²) in [6, 6.07) is 8.77. The smallest absolute Gasteiger partial charge is 0.303 e. The van der Waals surface area contributed by atoms with Gasteiger partial charge in [-0.3, -0.25) is 9.69 Å². The molecule has 1 saturated carbocycles. The topological polar surface area (TPSA) is 82.5 Å². The van der Waals surface area contributed by atoms with Crippen LogP contribution in [0.3, 0.4) is 0 Å². The average molecular weight is 503 g/mol. The van der Waals surface area contributed by atoms with Crippen molar-refractivity contribution in [2.75, 3.05) is 44.3 Å². The number of unbranched alkanes of at least 4 members (excludes halogenated alkanes) is 1. The van der Waals surface area contributed by atoms with Gasteiger partial charge in [-0.05, 0) is 49.8 Å². The molecule has 7 heteroatoms. The Morgan fingerprint density at radius 3 is 2.47 bits per heavy atom. The number of carboxylic acids is 1. The zero-order chi connectivity index (χ0) is 25.8. The van der Waals surface area contributed by atoms with E-state index >= 15 is 0 Å². The molecular formula is C29H46N2O5. The third-order valence-electron chi connectivity index (χ3n) is 7.34. The highest BCUT2D eigenvalue weighted by atomic mass is 16.5. The number of benzene rings is 1. The Labute approximate surface area is 217 Å². The maximum Gasteiger partial charge on any atom is 0.303 e. The Morgan fingerprint density at radius 2 is 1.83 bits per heavy atom. The van der Waals surface area contributed by atoms with Crippen molar-refractivity contribution in [2.24, 2.45) is 5.92 Å². The van der Waals surface area contributed by atoms with E-state index in [-0.39, 0.29) is 24.5 Å². The minimum Gasteiger partial charge on any atom is -0.481 e. The van der Waals surface area contributed by atoms with Gasteiger partial charge in [0.05, 0.1) is 32.0 Å². The van der Waals surface area contributed by atoms with Crippen LogP contribution < -0.4 is 4.90 Å². The first-order chi connectivity index (χ1) is 17.5. The molecule has 0 bridgehead atoms. The van der Waals surface area contributed by atoms with E-state index in [2.05, 4.69) is 60.1 Å². The van der Waals surface area contributed by atoms with Crippen molar-refractivity contribution in [3.05, 3.63) is 42.0 Å². The lowest BCUT2D eigenvalue weighted by Gasteiger charge is -2.37. The Balaban J connectivity index is 1.61. The van der Waals surface area contributed by atoms with Crippen LogP contribution in [0.15, 0.2) is 36.4 Å². The molecule has 0 unspecified atom stereocenters. The van der Waals surface area contributed by atoms with Crippen LogP contribution >= 0.6 is 0 Å². The number of aliphatic hydroxyl groups is 1. The summed E-state index contributed by atoms with van der Waals surface area (Å²) in [7, 11) is 0. The van der Waals surface area contributed by atoms with E-state index < -0.39 is 12.1 Å². The van der Waals surface area contributed by atoms with Crippen molar-refractivity contribution in [3.8, 4) is 0 Å². The van der Waals surface area contributed by atoms with Gasteiger partial charge in [0.15, 0.2) is 0 Å². The number of aliphatic hydroxyl groups excluding tert-OH is 1. The monoisotopic (exact) mass is 502 g/mol. The van der Waals surface area contributed by atoms with Crippen molar-refractivity contribution >= 4 is 11.7 Å². The zero-order valence-electron chi connectivity index (χ0n) is 22.2. The number of carboxylic acid groups (broad SMARTS) is 1. The second-order valence-corrected chi connectivity index (χ2v) is 10.1. The maximum atomic E-state index is 11.0. The molecule has 0 aromatic heterocycles. The molecule has 7 nitrogen and oxygen atoms in total. The lowest BCUT2D eigenvalue weighted by Crippen LogP contribution is -2.50. The lowest BCUT2D eigenvalue weighted by atomic mass is 9.94. The number of ether oxygens (including phenoxy) is 2. The number of allylic oxidation sites excluding steroid dienone is 2. The number of rotatable bonds is 15. The van der Waals surface area contributed by atoms with Gasteiger partial charge in [0.2, 0.25) is 0 Å². The minimum atomic E-state index is -0.750. The van der Waals surface area contributed by atoms with E-state index in [1.807, 2.05) is 0 Å². The van der Waals surface area contributed by atoms with E-state index in [4.69, 9.17) is 14.6 Å². The number of aliphatic carboxylic acids is 1. The van der Waals surface area contributed by atoms with E-state index in [1.54, 1.807) is 0 Å². The van der Waals surface area contributed by atoms with Crippen molar-refractivity contribution in [3.63, 3.8) is 0 Å². The highest BCUT2D eigenvalue weighted by Gasteiger charge is 2.45. The highest BCUT2D eigenvalue weighted by Crippen LogP contribution is 2.36. The fraction of sp³-hybridized carbons (Fsp3) is 0.690. The fourth-order valence-electron chi connectivity index (χ4n) is 5.59. The van der Waals surface area contributed by atoms with E-state index in [0.29, 0.717) is 32.7 Å². The second-order valence-electron chi connectivity index (χ2n) is 10.1. The molecule has 0 spiro atoms. The SMILES string of the molecule is CCCN(CCC)c1ccc(CO[C@H]2C[C@@H](O)[C@H](N3CCOCC3)[C@H]2CC=CCCCC(=O)O)cc1. The van der Waals surface area contributed by atoms with Crippen LogP contribution in [0.1, 0.15) is 64.4 Å². The number of nitrogens with zero attached hydrogens (tertiary/aromatic N) is 2. The van der Waals surface area contributed by atoms with Crippen LogP contribution in [0, 0.1) is 5.92 Å². The van der Waals surface area contributed by atoms with Gasteiger partial charge in [-0.15, -0.1) is 0 Å². The van der Waals surface area contributed by atoms with Crippen molar-refractivity contribution in [2.45, 2.75) is 83.6 Å². The first kappa shape index (κ1) is 28.6. The second kappa shape index (κ2) is 15.4. The van der Waals surface area contributed by atoms with Crippen LogP contribution in [-0.2, 0) is 20.9 Å². The molecule has 2 aliphatic rings. The highest BCUT2D eigenvalue weighted by molar-refractivity contribution is 5.66. The van der Waals surface area contributed by atoms with Crippen LogP contribution in [0.4, 0.5) is 5.69 Å². The van der Waals surface area contributed by atoms with Gasteiger partial charge in [-0.25, -0.2) is 0 Å². The maximum absolute atomic E-state index is 11.0. The van der Waals surface area contributed by atoms with Crippen molar-refractivity contribution in [1.29, 1.82) is 0 Å². The van der Waals surface area contributed by atoms with Crippen molar-refractivity contribution in [1.82, 2.24) is 4.90 Å². The molecule has 202 valence electrons. The van der Waals surface area contributed by atoms with Gasteiger partial charge in [0.25, 0.3) is 0 Å². The van der Waals surface area contributed by atoms with Gasteiger partial charge >= 0.3 is 5.97 Å². The zero-order valence-corrected chi connectivity index (χ0v) is 22.2. The van der Waals surface area contributed by atoms with Gasteiger partial charge < -0.3 is 24.6 Å². The molecule has 36 heavy (non-hydrogen) atoms. The van der Waals surface area contributed by atoms with Gasteiger partial charge in [-0.1, -0.05) is 38.1 Å². The van der Waals surface area contributed by atoms with Crippen LogP contribution in [-0.4, -0.2) is 78.7 Å². The molecule has 3 rings (SSSR count). The summed E-state index contributed by atoms with van der Waals surface area (Å²) in [6.45, 7) is 10.2. The number of carbonyl (C=O) groups is 1. The van der Waals surface area contributed by atoms with Crippen LogP contribution in [0.5, 0.6) is 0 Å². The Morgan fingerprint density at radius 1 is 1.14 bits per heavy atom. The molecule has 0 amide bonds. The van der Waals surface area contributed by atoms with E-state index in [0.717, 1.165) is 57.4 Å². The molecule has 1 aliphatic carbocycles. The molecule has 1 saturated heterocycles. The molecule has 1 heterocycles. The summed E-state index contributed by atoms with van der Waals surface area (Å²) in [5.41, 5.74) is 2.41. The Bertz CT molecular complexity index is 787. The largest absolute Gasteiger partial charge is 0.481 e. The third kappa shape index (κ3) is 8.58. The van der Waals surface area contributed by atoms with Crippen LogP contribution in [0.2, 0.25) is 0 Å². The summed E-state index contributed by atoms with van der Waals surface area (Å²) in [6.07, 6.45) is 9.12. The third-order valence-corrected chi connectivity index (χ3v) is 7.34. The number of hydrogen-bond acceptors (Lipinski definition) is 6. The van der Waals surface area contributed by atoms with Gasteiger partial charge in [-0.2, -0.15) is 0 Å². The quantitative estimate of drug-likeness (QED) is 0.270. The molecule has 1 aliphatic heterocycles. The Kier molecular flexibility index (Phi) is 12.2. The summed E-state index contributed by atoms with van der Waals surface area (Å²) >= 11 is 0. The number of anilines is 1. The summed E-state index contributed by atoms with van der Waals surface area (Å²) in [5, 5.41) is 19.9. The molecular weight excluding hydrogens is 456 g/mol. The van der Waals surface area contributed by atoms with E-state index in [9.17, 15) is 9.90 Å². The van der Waals surface area contributed by atoms with E-state index in [1.165, 1.54) is 5.69 Å². The predicted molar refractivity (Wildman–Crippen MR) is 143 cm³/mol. The molecule has 2 N–H and O–H groups in total. The van der Waals surface area contributed by atoms with Crippen molar-refractivity contribution < 1.29 is 24.5 Å². The Hall–Kier alpha value is -1.93. The van der Waals surface area contributed by atoms with Crippen LogP contribution in [0.25, 0.3) is 0 Å². The minimum absolute atomic E-state index is 0.0205. The molecule has 0 radical (unpaired) electrons. The summed E-state index contributed by atoms with van der Waals surface area (Å²) < 4.78 is 12.0. The number of hydrogen-bond donors (Lipinski definition) is 2. The van der Waals surface area contributed by atoms with Gasteiger partial charge in [0.1, 0.15) is 0 Å². The molecule has 1 aromatic carbocycles. The summed E-state index contributed by atoms with van der Waals surface area (Å²) in [5.74, 6) is -0.558. The fourth-order valence-corrected chi connectivity index (χ4v) is 5.59. The van der Waals surface area contributed by atoms with Gasteiger partial charge in [0, 0.05) is 56.7 Å². The first-order valence-electron chi connectivity index (χ1n) is 13.9. The molecule has 2 fully saturated rings. The predicted octanol–water partition coefficient (Wildman–Crippen LogP) is 4.48. The standard InChI is InChI=1S/C29H46N2O5/c1-3-15-30(16-4-2)24-13-11-23(12-14-24)22-36-27-21-26(32)29(31-17-19-35-20-18-31)25(27)9-7-5-6-8-10-28(33)34/h5,7,11-14,25-27,29,32H,3-4,6,8-10,15-22H2,1-2H3,(H,33,34)/t25-,26+,27-,29+/m0/s1. The molecule has 1 aromatic rings.